The zero-order chi connectivity index (χ0) is 18.8. The molecule has 0 amide bonds. The summed E-state index contributed by atoms with van der Waals surface area (Å²) in [6.45, 7) is 2.01. The summed E-state index contributed by atoms with van der Waals surface area (Å²) in [4.78, 5) is 7.67. The van der Waals surface area contributed by atoms with Gasteiger partial charge in [-0.3, -0.25) is 0 Å². The number of aromatic nitrogens is 2. The van der Waals surface area contributed by atoms with Crippen LogP contribution in [0.2, 0.25) is 0 Å². The number of aromatic amines is 1. The molecular weight excluding hydrogens is 336 g/mol. The highest BCUT2D eigenvalue weighted by Gasteiger charge is 2.10. The normalized spacial score (nSPS) is 11.3. The zero-order valence-electron chi connectivity index (χ0n) is 14.5. The molecule has 0 atom stereocenters. The van der Waals surface area contributed by atoms with Gasteiger partial charge in [-0.25, -0.2) is 4.98 Å². The number of fused-ring (bicyclic) bond motifs is 1. The highest BCUT2D eigenvalue weighted by atomic mass is 16.3. The lowest BCUT2D eigenvalue weighted by Crippen LogP contribution is -1.84. The summed E-state index contributed by atoms with van der Waals surface area (Å²) < 4.78 is 5.84. The Hall–Kier alpha value is -4.09. The van der Waals surface area contributed by atoms with Gasteiger partial charge in [0.2, 0.25) is 0 Å². The van der Waals surface area contributed by atoms with E-state index in [0.717, 1.165) is 22.2 Å². The molecular formula is C22H14N4O. The molecule has 0 bridgehead atoms. The molecule has 0 saturated heterocycles. The number of allylic oxidation sites excluding steroid dienone is 1. The minimum Gasteiger partial charge on any atom is -0.457 e. The van der Waals surface area contributed by atoms with Gasteiger partial charge in [-0.2, -0.15) is 10.5 Å². The fourth-order valence-electron chi connectivity index (χ4n) is 2.84. The Labute approximate surface area is 155 Å². The van der Waals surface area contributed by atoms with Gasteiger partial charge in [0.25, 0.3) is 0 Å². The molecule has 2 heterocycles. The van der Waals surface area contributed by atoms with Gasteiger partial charge >= 0.3 is 0 Å². The van der Waals surface area contributed by atoms with E-state index in [4.69, 9.17) is 9.68 Å². The van der Waals surface area contributed by atoms with Gasteiger partial charge in [0.05, 0.1) is 28.2 Å². The van der Waals surface area contributed by atoms with E-state index in [1.807, 2.05) is 43.3 Å². The van der Waals surface area contributed by atoms with Gasteiger partial charge in [-0.1, -0.05) is 6.07 Å². The van der Waals surface area contributed by atoms with Crippen LogP contribution >= 0.6 is 0 Å². The topological polar surface area (TPSA) is 89.4 Å². The van der Waals surface area contributed by atoms with Crippen molar-refractivity contribution in [3.63, 3.8) is 0 Å². The fraction of sp³-hybridized carbons (Fsp3) is 0.0455. The number of rotatable bonds is 3. The maximum absolute atomic E-state index is 9.55. The molecule has 0 saturated carbocycles. The van der Waals surface area contributed by atoms with E-state index in [1.54, 1.807) is 24.3 Å². The molecule has 1 N–H and O–H groups in total. The summed E-state index contributed by atoms with van der Waals surface area (Å²) >= 11 is 0. The van der Waals surface area contributed by atoms with Gasteiger partial charge in [-0.05, 0) is 61.0 Å². The van der Waals surface area contributed by atoms with E-state index in [0.29, 0.717) is 28.5 Å². The number of hydrogen-bond acceptors (Lipinski definition) is 4. The van der Waals surface area contributed by atoms with Crippen LogP contribution in [-0.4, -0.2) is 9.97 Å². The van der Waals surface area contributed by atoms with Crippen LogP contribution in [0.1, 0.15) is 22.7 Å². The summed E-state index contributed by atoms with van der Waals surface area (Å²) in [5, 5.41) is 18.4. The molecule has 0 spiro atoms. The van der Waals surface area contributed by atoms with Crippen LogP contribution in [0, 0.1) is 29.6 Å². The summed E-state index contributed by atoms with van der Waals surface area (Å²) in [5.41, 5.74) is 4.69. The van der Waals surface area contributed by atoms with Crippen LogP contribution in [0.25, 0.3) is 34.0 Å². The molecule has 4 rings (SSSR count). The van der Waals surface area contributed by atoms with E-state index in [9.17, 15) is 5.26 Å². The minimum absolute atomic E-state index is 0.393. The number of H-pyrrole nitrogens is 1. The zero-order valence-corrected chi connectivity index (χ0v) is 14.5. The van der Waals surface area contributed by atoms with E-state index in [2.05, 4.69) is 22.1 Å². The maximum Gasteiger partial charge on any atom is 0.149 e. The first kappa shape index (κ1) is 16.4. The van der Waals surface area contributed by atoms with Gasteiger partial charge in [0.1, 0.15) is 23.4 Å². The van der Waals surface area contributed by atoms with Crippen molar-refractivity contribution in [1.29, 1.82) is 10.5 Å². The van der Waals surface area contributed by atoms with E-state index < -0.39 is 0 Å². The summed E-state index contributed by atoms with van der Waals surface area (Å²) in [6.07, 6.45) is 1.66. The van der Waals surface area contributed by atoms with E-state index in [-0.39, 0.29) is 0 Å². The Kier molecular flexibility index (Phi) is 4.04. The molecule has 2 aromatic carbocycles. The van der Waals surface area contributed by atoms with Crippen molar-refractivity contribution in [2.75, 3.05) is 0 Å². The average Bonchev–Trinajstić information content (AvgIpc) is 3.32. The number of imidazole rings is 1. The third-order valence-electron chi connectivity index (χ3n) is 4.22. The van der Waals surface area contributed by atoms with Crippen molar-refractivity contribution in [2.45, 2.75) is 6.92 Å². The second kappa shape index (κ2) is 6.67. The number of aryl methyl sites for hydroxylation is 1. The van der Waals surface area contributed by atoms with Gasteiger partial charge < -0.3 is 9.40 Å². The van der Waals surface area contributed by atoms with Crippen LogP contribution < -0.4 is 0 Å². The average molecular weight is 350 g/mol. The lowest BCUT2D eigenvalue weighted by atomic mass is 10.1. The lowest BCUT2D eigenvalue weighted by molar-refractivity contribution is 0.572. The maximum atomic E-state index is 9.55. The highest BCUT2D eigenvalue weighted by molar-refractivity contribution is 5.89. The summed E-state index contributed by atoms with van der Waals surface area (Å²) in [6, 6.07) is 21.0. The Bertz CT molecular complexity index is 1240. The molecule has 4 aromatic rings. The first-order chi connectivity index (χ1) is 13.2. The molecule has 0 aliphatic heterocycles. The van der Waals surface area contributed by atoms with Crippen molar-refractivity contribution in [2.24, 2.45) is 0 Å². The number of nitrogens with one attached hydrogen (secondary N) is 1. The highest BCUT2D eigenvalue weighted by Crippen LogP contribution is 2.25. The first-order valence-corrected chi connectivity index (χ1v) is 8.35. The number of nitrogens with zero attached hydrogens (tertiary/aromatic N) is 3. The van der Waals surface area contributed by atoms with Crippen LogP contribution in [0.15, 0.2) is 59.0 Å². The van der Waals surface area contributed by atoms with Crippen molar-refractivity contribution in [1.82, 2.24) is 9.97 Å². The Morgan fingerprint density at radius 3 is 2.63 bits per heavy atom. The molecule has 0 fully saturated rings. The molecule has 27 heavy (non-hydrogen) atoms. The minimum atomic E-state index is 0.393. The van der Waals surface area contributed by atoms with Crippen LogP contribution in [0.3, 0.4) is 0 Å². The molecule has 128 valence electrons. The van der Waals surface area contributed by atoms with Gasteiger partial charge in [0, 0.05) is 11.6 Å². The standard InChI is InChI=1S/C22H14N4O/c1-14-2-8-19-20(10-14)26-22(25-19)17(13-24)11-18-7-9-21(27-18)16-5-3-15(12-23)4-6-16/h2-11H,1H3,(H,25,26). The first-order valence-electron chi connectivity index (χ1n) is 8.35. The summed E-state index contributed by atoms with van der Waals surface area (Å²) in [7, 11) is 0. The summed E-state index contributed by atoms with van der Waals surface area (Å²) in [5.74, 6) is 1.74. The number of benzene rings is 2. The van der Waals surface area contributed by atoms with E-state index in [1.165, 1.54) is 0 Å². The molecule has 0 aliphatic carbocycles. The quantitative estimate of drug-likeness (QED) is 0.523. The largest absolute Gasteiger partial charge is 0.457 e. The van der Waals surface area contributed by atoms with Crippen molar-refractivity contribution in [3.05, 3.63) is 77.3 Å². The molecule has 0 aliphatic rings. The van der Waals surface area contributed by atoms with Crippen LogP contribution in [0.4, 0.5) is 0 Å². The third-order valence-corrected chi connectivity index (χ3v) is 4.22. The smallest absolute Gasteiger partial charge is 0.149 e. The predicted octanol–water partition coefficient (Wildman–Crippen LogP) is 5.07. The van der Waals surface area contributed by atoms with Gasteiger partial charge in [0.15, 0.2) is 0 Å². The number of hydrogen-bond donors (Lipinski definition) is 1. The molecule has 5 heteroatoms. The van der Waals surface area contributed by atoms with Gasteiger partial charge in [-0.15, -0.1) is 0 Å². The fourth-order valence-corrected chi connectivity index (χ4v) is 2.84. The Balaban J connectivity index is 1.67. The van der Waals surface area contributed by atoms with Crippen molar-refractivity contribution < 1.29 is 4.42 Å². The Morgan fingerprint density at radius 2 is 1.89 bits per heavy atom. The van der Waals surface area contributed by atoms with Crippen molar-refractivity contribution >= 4 is 22.7 Å². The number of nitriles is 2. The number of furan rings is 1. The molecule has 2 aromatic heterocycles. The predicted molar refractivity (Wildman–Crippen MR) is 103 cm³/mol. The second-order valence-electron chi connectivity index (χ2n) is 6.17. The monoisotopic (exact) mass is 350 g/mol. The lowest BCUT2D eigenvalue weighted by Gasteiger charge is -1.96. The molecule has 0 unspecified atom stereocenters. The Morgan fingerprint density at radius 1 is 1.07 bits per heavy atom. The van der Waals surface area contributed by atoms with Crippen molar-refractivity contribution in [3.8, 4) is 23.5 Å². The van der Waals surface area contributed by atoms with E-state index >= 15 is 0 Å². The third kappa shape index (κ3) is 3.22. The SMILES string of the molecule is Cc1ccc2nc(C(C#N)=Cc3ccc(-c4ccc(C#N)cc4)o3)[nH]c2c1. The van der Waals surface area contributed by atoms with Crippen LogP contribution in [-0.2, 0) is 0 Å². The molecule has 0 radical (unpaired) electrons. The van der Waals surface area contributed by atoms with Crippen LogP contribution in [0.5, 0.6) is 0 Å². The molecule has 5 nitrogen and oxygen atoms in total. The second-order valence-corrected chi connectivity index (χ2v) is 6.17.